The third-order valence-corrected chi connectivity index (χ3v) is 0.247. The van der Waals surface area contributed by atoms with Crippen LogP contribution in [0, 0.1) is 0 Å². The topological polar surface area (TPSA) is 77.8 Å². The summed E-state index contributed by atoms with van der Waals surface area (Å²) in [5.74, 6) is -2.20. The van der Waals surface area contributed by atoms with E-state index in [0.717, 1.165) is 6.26 Å². The molecule has 0 spiro atoms. The Bertz CT molecular complexity index is 104. The molecule has 3 N–H and O–H groups in total. The fourth-order valence-corrected chi connectivity index (χ4v) is 0. The molecule has 0 atom stereocenters. The van der Waals surface area contributed by atoms with Crippen LogP contribution in [-0.4, -0.2) is 21.3 Å². The van der Waals surface area contributed by atoms with Crippen LogP contribution < -0.4 is 0 Å². The Balaban J connectivity index is 0. The summed E-state index contributed by atoms with van der Waals surface area (Å²) in [6.07, 6.45) is 0.750. The number of carboxylic acids is 1. The van der Waals surface area contributed by atoms with Crippen LogP contribution in [0.15, 0.2) is 25.2 Å². The minimum absolute atomic E-state index is 0.750. The maximum Gasteiger partial charge on any atom is 0.370 e. The van der Waals surface area contributed by atoms with Gasteiger partial charge in [0.15, 0.2) is 5.76 Å². The Morgan fingerprint density at radius 3 is 1.56 bits per heavy atom. The molecule has 52 valence electrons. The summed E-state index contributed by atoms with van der Waals surface area (Å²) in [4.78, 5) is 9.35. The van der Waals surface area contributed by atoms with E-state index in [1.807, 2.05) is 0 Å². The molecular weight excluding hydrogens is 124 g/mol. The van der Waals surface area contributed by atoms with Gasteiger partial charge in [-0.15, -0.1) is 0 Å². The maximum absolute atomic E-state index is 9.35. The van der Waals surface area contributed by atoms with Gasteiger partial charge < -0.3 is 15.3 Å². The SMILES string of the molecule is C=C(O)C(=O)O.C=CO. The van der Waals surface area contributed by atoms with Crippen LogP contribution in [-0.2, 0) is 4.79 Å². The predicted octanol–water partition coefficient (Wildman–Crippen LogP) is 0.831. The lowest BCUT2D eigenvalue weighted by Gasteiger charge is -1.79. The van der Waals surface area contributed by atoms with Crippen molar-refractivity contribution in [3.8, 4) is 0 Å². The average Bonchev–Trinajstić information content (AvgIpc) is 1.68. The van der Waals surface area contributed by atoms with Gasteiger partial charge in [-0.2, -0.15) is 0 Å². The van der Waals surface area contributed by atoms with Crippen molar-refractivity contribution in [3.63, 3.8) is 0 Å². The number of hydrogen-bond acceptors (Lipinski definition) is 3. The highest BCUT2D eigenvalue weighted by Crippen LogP contribution is 1.75. The van der Waals surface area contributed by atoms with Crippen molar-refractivity contribution in [1.29, 1.82) is 0 Å². The summed E-state index contributed by atoms with van der Waals surface area (Å²) in [5, 5.41) is 22.8. The molecule has 0 aromatic rings. The lowest BCUT2D eigenvalue weighted by Crippen LogP contribution is -1.95. The van der Waals surface area contributed by atoms with E-state index in [-0.39, 0.29) is 0 Å². The van der Waals surface area contributed by atoms with Crippen molar-refractivity contribution in [2.75, 3.05) is 0 Å². The van der Waals surface area contributed by atoms with Gasteiger partial charge in [-0.25, -0.2) is 4.79 Å². The Morgan fingerprint density at radius 1 is 1.44 bits per heavy atom. The van der Waals surface area contributed by atoms with Crippen LogP contribution in [0.2, 0.25) is 0 Å². The second kappa shape index (κ2) is 6.55. The van der Waals surface area contributed by atoms with Gasteiger partial charge in [-0.1, -0.05) is 6.58 Å². The van der Waals surface area contributed by atoms with E-state index in [0.29, 0.717) is 0 Å². The molecule has 4 nitrogen and oxygen atoms in total. The molecule has 9 heavy (non-hydrogen) atoms. The number of aliphatic hydroxyl groups excluding tert-OH is 2. The van der Waals surface area contributed by atoms with E-state index in [9.17, 15) is 4.79 Å². The molecule has 0 fully saturated rings. The summed E-state index contributed by atoms with van der Waals surface area (Å²) < 4.78 is 0. The van der Waals surface area contributed by atoms with E-state index >= 15 is 0 Å². The fraction of sp³-hybridized carbons (Fsp3) is 0. The first-order valence-electron chi connectivity index (χ1n) is 1.92. The molecule has 4 heteroatoms. The number of rotatable bonds is 1. The molecule has 0 aliphatic heterocycles. The van der Waals surface area contributed by atoms with Crippen molar-refractivity contribution in [2.24, 2.45) is 0 Å². The Morgan fingerprint density at radius 2 is 1.56 bits per heavy atom. The number of aliphatic hydroxyl groups is 2. The minimum Gasteiger partial charge on any atom is -0.516 e. The standard InChI is InChI=1S/C3H4O3.C2H4O/c1-2(4)3(5)6;1-2-3/h4H,1H2,(H,5,6);2-3H,1H2. The van der Waals surface area contributed by atoms with Gasteiger partial charge in [0.1, 0.15) is 0 Å². The van der Waals surface area contributed by atoms with Crippen molar-refractivity contribution in [3.05, 3.63) is 25.2 Å². The van der Waals surface area contributed by atoms with Crippen LogP contribution in [0.25, 0.3) is 0 Å². The number of aliphatic carboxylic acids is 1. The zero-order valence-corrected chi connectivity index (χ0v) is 4.74. The number of hydrogen-bond donors (Lipinski definition) is 3. The van der Waals surface area contributed by atoms with E-state index in [2.05, 4.69) is 13.2 Å². The molecule has 0 bridgehead atoms. The normalized spacial score (nSPS) is 6.22. The molecule has 0 heterocycles. The minimum atomic E-state index is -1.38. The zero-order chi connectivity index (χ0) is 7.86. The highest BCUT2D eigenvalue weighted by atomic mass is 16.4. The third kappa shape index (κ3) is 20.9. The Kier molecular flexibility index (Phi) is 7.65. The first kappa shape index (κ1) is 10.5. The van der Waals surface area contributed by atoms with E-state index < -0.39 is 11.7 Å². The van der Waals surface area contributed by atoms with Gasteiger partial charge >= 0.3 is 5.97 Å². The summed E-state index contributed by atoms with van der Waals surface area (Å²) in [7, 11) is 0. The van der Waals surface area contributed by atoms with Gasteiger partial charge in [0.05, 0.1) is 6.26 Å². The van der Waals surface area contributed by atoms with Crippen molar-refractivity contribution in [1.82, 2.24) is 0 Å². The molecule has 0 aliphatic carbocycles. The van der Waals surface area contributed by atoms with Crippen LogP contribution in [0.5, 0.6) is 0 Å². The predicted molar refractivity (Wildman–Crippen MR) is 32.2 cm³/mol. The number of carboxylic acid groups (broad SMARTS) is 1. The second-order valence-electron chi connectivity index (χ2n) is 0.934. The van der Waals surface area contributed by atoms with Gasteiger partial charge in [0.25, 0.3) is 0 Å². The molecule has 0 radical (unpaired) electrons. The average molecular weight is 132 g/mol. The smallest absolute Gasteiger partial charge is 0.370 e. The monoisotopic (exact) mass is 132 g/mol. The summed E-state index contributed by atoms with van der Waals surface area (Å²) >= 11 is 0. The molecular formula is C5H8O4. The zero-order valence-electron chi connectivity index (χ0n) is 4.74. The van der Waals surface area contributed by atoms with E-state index in [4.69, 9.17) is 15.3 Å². The van der Waals surface area contributed by atoms with Gasteiger partial charge in [0.2, 0.25) is 0 Å². The van der Waals surface area contributed by atoms with Crippen LogP contribution in [0.4, 0.5) is 0 Å². The molecule has 0 saturated heterocycles. The lowest BCUT2D eigenvalue weighted by atomic mass is 10.6. The largest absolute Gasteiger partial charge is 0.516 e. The fourth-order valence-electron chi connectivity index (χ4n) is 0. The molecule has 0 rings (SSSR count). The molecule has 0 amide bonds. The molecule has 0 aromatic heterocycles. The number of carbonyl (C=O) groups is 1. The first-order chi connectivity index (χ1) is 4.06. The maximum atomic E-state index is 9.35. The molecule has 0 saturated carbocycles. The highest BCUT2D eigenvalue weighted by molar-refractivity contribution is 5.82. The van der Waals surface area contributed by atoms with Crippen LogP contribution in [0.3, 0.4) is 0 Å². The summed E-state index contributed by atoms with van der Waals surface area (Å²) in [5.41, 5.74) is 0. The molecule has 0 aliphatic rings. The molecule has 0 aromatic carbocycles. The first-order valence-corrected chi connectivity index (χ1v) is 1.92. The Labute approximate surface area is 52.4 Å². The van der Waals surface area contributed by atoms with Gasteiger partial charge in [-0.05, 0) is 6.58 Å². The third-order valence-electron chi connectivity index (χ3n) is 0.247. The summed E-state index contributed by atoms with van der Waals surface area (Å²) in [6.45, 7) is 5.63. The summed E-state index contributed by atoms with van der Waals surface area (Å²) in [6, 6.07) is 0. The van der Waals surface area contributed by atoms with Gasteiger partial charge in [-0.3, -0.25) is 0 Å². The van der Waals surface area contributed by atoms with Crippen LogP contribution >= 0.6 is 0 Å². The van der Waals surface area contributed by atoms with Crippen molar-refractivity contribution in [2.45, 2.75) is 0 Å². The lowest BCUT2D eigenvalue weighted by molar-refractivity contribution is -0.135. The Hall–Kier alpha value is -1.45. The quantitative estimate of drug-likeness (QED) is 0.364. The van der Waals surface area contributed by atoms with E-state index in [1.165, 1.54) is 0 Å². The van der Waals surface area contributed by atoms with E-state index in [1.54, 1.807) is 0 Å². The van der Waals surface area contributed by atoms with Crippen LogP contribution in [0.1, 0.15) is 0 Å². The van der Waals surface area contributed by atoms with Crippen molar-refractivity contribution < 1.29 is 20.1 Å². The van der Waals surface area contributed by atoms with Crippen molar-refractivity contribution >= 4 is 5.97 Å². The second-order valence-corrected chi connectivity index (χ2v) is 0.934. The highest BCUT2D eigenvalue weighted by Gasteiger charge is 1.94. The molecule has 0 unspecified atom stereocenters. The van der Waals surface area contributed by atoms with Gasteiger partial charge in [0, 0.05) is 0 Å².